The van der Waals surface area contributed by atoms with Crippen molar-refractivity contribution in [3.8, 4) is 0 Å². The van der Waals surface area contributed by atoms with Crippen LogP contribution in [0.15, 0.2) is 0 Å². The summed E-state index contributed by atoms with van der Waals surface area (Å²) in [5, 5.41) is 3.00. The van der Waals surface area contributed by atoms with Crippen LogP contribution in [0.3, 0.4) is 0 Å². The maximum absolute atomic E-state index is 12.2. The summed E-state index contributed by atoms with van der Waals surface area (Å²) >= 11 is 0. The fourth-order valence-corrected chi connectivity index (χ4v) is 3.14. The van der Waals surface area contributed by atoms with Crippen LogP contribution in [-0.2, 0) is 4.74 Å². The lowest BCUT2D eigenvalue weighted by Gasteiger charge is -2.37. The molecule has 2 unspecified atom stereocenters. The molecule has 2 atom stereocenters. The van der Waals surface area contributed by atoms with Crippen molar-refractivity contribution < 1.29 is 9.53 Å². The van der Waals surface area contributed by atoms with E-state index in [0.29, 0.717) is 18.5 Å². The molecule has 116 valence electrons. The second-order valence-electron chi connectivity index (χ2n) is 6.31. The van der Waals surface area contributed by atoms with Gasteiger partial charge < -0.3 is 19.9 Å². The van der Waals surface area contributed by atoms with Gasteiger partial charge in [0, 0.05) is 26.2 Å². The van der Waals surface area contributed by atoms with Crippen molar-refractivity contribution in [1.82, 2.24) is 15.1 Å². The van der Waals surface area contributed by atoms with Gasteiger partial charge in [-0.1, -0.05) is 0 Å². The van der Waals surface area contributed by atoms with Crippen molar-refractivity contribution in [3.63, 3.8) is 0 Å². The van der Waals surface area contributed by atoms with E-state index in [4.69, 9.17) is 4.74 Å². The van der Waals surface area contributed by atoms with Crippen molar-refractivity contribution in [2.24, 2.45) is 5.92 Å². The van der Waals surface area contributed by atoms with Crippen LogP contribution in [-0.4, -0.2) is 68.3 Å². The third kappa shape index (κ3) is 4.09. The highest BCUT2D eigenvalue weighted by molar-refractivity contribution is 5.74. The molecule has 0 aromatic rings. The molecule has 2 amide bonds. The van der Waals surface area contributed by atoms with Gasteiger partial charge in [-0.05, 0) is 58.7 Å². The van der Waals surface area contributed by atoms with Gasteiger partial charge in [0.1, 0.15) is 0 Å². The summed E-state index contributed by atoms with van der Waals surface area (Å²) < 4.78 is 5.53. The Balaban J connectivity index is 1.73. The van der Waals surface area contributed by atoms with E-state index in [9.17, 15) is 4.79 Å². The van der Waals surface area contributed by atoms with Gasteiger partial charge in [0.05, 0.1) is 6.10 Å². The van der Waals surface area contributed by atoms with E-state index in [1.807, 2.05) is 11.9 Å². The molecule has 2 aliphatic heterocycles. The van der Waals surface area contributed by atoms with E-state index in [-0.39, 0.29) is 12.1 Å². The highest BCUT2D eigenvalue weighted by Gasteiger charge is 2.27. The van der Waals surface area contributed by atoms with E-state index in [1.54, 1.807) is 0 Å². The molecule has 0 saturated carbocycles. The van der Waals surface area contributed by atoms with E-state index >= 15 is 0 Å². The first-order valence-electron chi connectivity index (χ1n) is 7.88. The number of nitrogens with one attached hydrogen (secondary N) is 1. The van der Waals surface area contributed by atoms with Gasteiger partial charge in [-0.2, -0.15) is 0 Å². The van der Waals surface area contributed by atoms with Crippen LogP contribution in [0.25, 0.3) is 0 Å². The second-order valence-corrected chi connectivity index (χ2v) is 6.31. The molecule has 5 nitrogen and oxygen atoms in total. The van der Waals surface area contributed by atoms with E-state index in [2.05, 4.69) is 24.2 Å². The first-order chi connectivity index (χ1) is 9.58. The molecule has 0 bridgehead atoms. The molecule has 5 heteroatoms. The summed E-state index contributed by atoms with van der Waals surface area (Å²) in [4.78, 5) is 16.4. The molecule has 2 heterocycles. The summed E-state index contributed by atoms with van der Waals surface area (Å²) in [5.41, 5.74) is 0. The highest BCUT2D eigenvalue weighted by atomic mass is 16.5. The minimum absolute atomic E-state index is 0.0342. The number of rotatable bonds is 4. The Bertz CT molecular complexity index is 310. The minimum Gasteiger partial charge on any atom is -0.376 e. The van der Waals surface area contributed by atoms with Gasteiger partial charge in [0.2, 0.25) is 0 Å². The standard InChI is InChI=1S/C15H29N3O2/c1-12(13-6-8-17(2)9-7-13)18(3)15(19)16-11-14-5-4-10-20-14/h12-14H,4-11H2,1-3H3,(H,16,19). The van der Waals surface area contributed by atoms with Crippen molar-refractivity contribution in [2.75, 3.05) is 40.3 Å². The zero-order valence-electron chi connectivity index (χ0n) is 13.1. The van der Waals surface area contributed by atoms with Crippen LogP contribution in [0.2, 0.25) is 0 Å². The molecule has 0 radical (unpaired) electrons. The van der Waals surface area contributed by atoms with Crippen LogP contribution < -0.4 is 5.32 Å². The maximum atomic E-state index is 12.2. The molecular formula is C15H29N3O2. The summed E-state index contributed by atoms with van der Waals surface area (Å²) in [6.07, 6.45) is 4.75. The molecule has 1 N–H and O–H groups in total. The summed E-state index contributed by atoms with van der Waals surface area (Å²) in [7, 11) is 4.08. The van der Waals surface area contributed by atoms with E-state index in [0.717, 1.165) is 32.5 Å². The van der Waals surface area contributed by atoms with Gasteiger partial charge in [-0.15, -0.1) is 0 Å². The largest absolute Gasteiger partial charge is 0.376 e. The van der Waals surface area contributed by atoms with Crippen molar-refractivity contribution in [2.45, 2.75) is 44.8 Å². The normalized spacial score (nSPS) is 26.4. The molecule has 2 saturated heterocycles. The van der Waals surface area contributed by atoms with Crippen LogP contribution >= 0.6 is 0 Å². The Morgan fingerprint density at radius 3 is 2.70 bits per heavy atom. The Morgan fingerprint density at radius 2 is 2.10 bits per heavy atom. The molecule has 0 aromatic carbocycles. The highest BCUT2D eigenvalue weighted by Crippen LogP contribution is 2.22. The van der Waals surface area contributed by atoms with Crippen LogP contribution in [0, 0.1) is 5.92 Å². The van der Waals surface area contributed by atoms with Gasteiger partial charge in [0.25, 0.3) is 0 Å². The van der Waals surface area contributed by atoms with Crippen molar-refractivity contribution >= 4 is 6.03 Å². The molecule has 20 heavy (non-hydrogen) atoms. The number of carbonyl (C=O) groups is 1. The number of piperidine rings is 1. The molecule has 2 fully saturated rings. The first-order valence-corrected chi connectivity index (χ1v) is 7.88. The zero-order valence-corrected chi connectivity index (χ0v) is 13.1. The average molecular weight is 283 g/mol. The third-order valence-electron chi connectivity index (χ3n) is 4.88. The van der Waals surface area contributed by atoms with E-state index in [1.165, 1.54) is 12.8 Å². The van der Waals surface area contributed by atoms with Gasteiger partial charge >= 0.3 is 6.03 Å². The number of nitrogens with zero attached hydrogens (tertiary/aromatic N) is 2. The lowest BCUT2D eigenvalue weighted by molar-refractivity contribution is 0.104. The number of ether oxygens (including phenoxy) is 1. The Morgan fingerprint density at radius 1 is 1.40 bits per heavy atom. The predicted molar refractivity (Wildman–Crippen MR) is 79.8 cm³/mol. The molecule has 0 spiro atoms. The summed E-state index contributed by atoms with van der Waals surface area (Å²) in [6, 6.07) is 0.333. The predicted octanol–water partition coefficient (Wildman–Crippen LogP) is 1.54. The van der Waals surface area contributed by atoms with Gasteiger partial charge in [-0.25, -0.2) is 4.79 Å². The number of amides is 2. The third-order valence-corrected chi connectivity index (χ3v) is 4.88. The first kappa shape index (κ1) is 15.6. The lowest BCUT2D eigenvalue weighted by Crippen LogP contribution is -2.49. The number of likely N-dealkylation sites (tertiary alicyclic amines) is 1. The fourth-order valence-electron chi connectivity index (χ4n) is 3.14. The Kier molecular flexibility index (Phi) is 5.66. The molecular weight excluding hydrogens is 254 g/mol. The Hall–Kier alpha value is -0.810. The van der Waals surface area contributed by atoms with E-state index < -0.39 is 0 Å². The quantitative estimate of drug-likeness (QED) is 0.851. The van der Waals surface area contributed by atoms with Crippen LogP contribution in [0.5, 0.6) is 0 Å². The molecule has 2 rings (SSSR count). The van der Waals surface area contributed by atoms with Gasteiger partial charge in [0.15, 0.2) is 0 Å². The fraction of sp³-hybridized carbons (Fsp3) is 0.933. The number of hydrogen-bond acceptors (Lipinski definition) is 3. The summed E-state index contributed by atoms with van der Waals surface area (Å²) in [5.74, 6) is 0.615. The number of hydrogen-bond donors (Lipinski definition) is 1. The van der Waals surface area contributed by atoms with Gasteiger partial charge in [-0.3, -0.25) is 0 Å². The Labute approximate surface area is 122 Å². The second kappa shape index (κ2) is 7.27. The van der Waals surface area contributed by atoms with Crippen LogP contribution in [0.4, 0.5) is 4.79 Å². The topological polar surface area (TPSA) is 44.8 Å². The smallest absolute Gasteiger partial charge is 0.317 e. The monoisotopic (exact) mass is 283 g/mol. The van der Waals surface area contributed by atoms with Crippen LogP contribution in [0.1, 0.15) is 32.6 Å². The molecule has 2 aliphatic rings. The lowest BCUT2D eigenvalue weighted by atomic mass is 9.90. The summed E-state index contributed by atoms with van der Waals surface area (Å²) in [6.45, 7) is 5.92. The maximum Gasteiger partial charge on any atom is 0.317 e. The molecule has 0 aliphatic carbocycles. The van der Waals surface area contributed by atoms with Crippen molar-refractivity contribution in [1.29, 1.82) is 0 Å². The molecule has 0 aromatic heterocycles. The zero-order chi connectivity index (χ0) is 14.5. The van der Waals surface area contributed by atoms with Crippen molar-refractivity contribution in [3.05, 3.63) is 0 Å². The number of carbonyl (C=O) groups excluding carboxylic acids is 1. The minimum atomic E-state index is 0.0342. The SMILES string of the molecule is CC(C1CCN(C)CC1)N(C)C(=O)NCC1CCCO1. The number of urea groups is 1. The average Bonchev–Trinajstić information content (AvgIpc) is 2.97.